The molecule has 0 saturated heterocycles. The lowest BCUT2D eigenvalue weighted by Gasteiger charge is -2.42. The predicted molar refractivity (Wildman–Crippen MR) is 151 cm³/mol. The van der Waals surface area contributed by atoms with Crippen molar-refractivity contribution in [3.8, 4) is 0 Å². The van der Waals surface area contributed by atoms with Gasteiger partial charge in [0, 0.05) is 6.92 Å². The Bertz CT molecular complexity index is 795. The first kappa shape index (κ1) is 33.0. The molecule has 0 radical (unpaired) electrons. The van der Waals surface area contributed by atoms with Gasteiger partial charge in [-0.1, -0.05) is 65.0 Å². The highest BCUT2D eigenvalue weighted by Gasteiger charge is 2.48. The summed E-state index contributed by atoms with van der Waals surface area (Å²) in [6.07, 6.45) is -4.59. The van der Waals surface area contributed by atoms with Gasteiger partial charge in [0.2, 0.25) is 0 Å². The van der Waals surface area contributed by atoms with Crippen molar-refractivity contribution in [2.24, 2.45) is 0 Å². The zero-order valence-electron chi connectivity index (χ0n) is 23.1. The van der Waals surface area contributed by atoms with Crippen LogP contribution in [-0.2, 0) is 34.8 Å². The number of hydrogen-bond acceptors (Lipinski definition) is 9. The van der Waals surface area contributed by atoms with Gasteiger partial charge in [-0.2, -0.15) is 0 Å². The molecule has 0 aliphatic carbocycles. The van der Waals surface area contributed by atoms with Gasteiger partial charge in [-0.05, 0) is 35.2 Å². The van der Waals surface area contributed by atoms with E-state index in [2.05, 4.69) is 20.8 Å². The summed E-state index contributed by atoms with van der Waals surface area (Å²) in [4.78, 5) is 25.1. The number of thioether (sulfide) groups is 2. The quantitative estimate of drug-likeness (QED) is 0.175. The Balaban J connectivity index is 3.52. The summed E-state index contributed by atoms with van der Waals surface area (Å²) in [7, 11) is -1.23. The van der Waals surface area contributed by atoms with Crippen molar-refractivity contribution in [1.29, 1.82) is 0 Å². The van der Waals surface area contributed by atoms with E-state index in [-0.39, 0.29) is 16.2 Å². The van der Waals surface area contributed by atoms with E-state index in [1.165, 1.54) is 14.0 Å². The van der Waals surface area contributed by atoms with Gasteiger partial charge in [-0.25, -0.2) is 4.79 Å². The minimum Gasteiger partial charge on any atom is -0.467 e. The number of carbonyl (C=O) groups excluding carboxylic acids is 2. The molecule has 0 aliphatic rings. The summed E-state index contributed by atoms with van der Waals surface area (Å²) >= 11 is 3.22. The fourth-order valence-corrected chi connectivity index (χ4v) is 7.11. The van der Waals surface area contributed by atoms with Crippen LogP contribution in [0.15, 0.2) is 30.3 Å². The van der Waals surface area contributed by atoms with Crippen molar-refractivity contribution >= 4 is 43.8 Å². The molecular weight excluding hydrogens is 516 g/mol. The average molecular weight is 561 g/mol. The van der Waals surface area contributed by atoms with Crippen LogP contribution in [0.4, 0.5) is 0 Å². The van der Waals surface area contributed by atoms with Crippen LogP contribution in [-0.4, -0.2) is 73.0 Å². The van der Waals surface area contributed by atoms with Gasteiger partial charge in [-0.15, -0.1) is 23.5 Å². The molecular formula is C26H44O7S2Si. The zero-order valence-corrected chi connectivity index (χ0v) is 25.7. The number of methoxy groups -OCH3 is 1. The second-order valence-electron chi connectivity index (χ2n) is 9.93. The smallest absolute Gasteiger partial charge is 0.336 e. The number of carbonyl (C=O) groups is 2. The van der Waals surface area contributed by atoms with E-state index in [0.717, 1.165) is 17.1 Å². The molecule has 0 bridgehead atoms. The molecule has 1 aromatic carbocycles. The number of benzene rings is 1. The normalized spacial score (nSPS) is 15.8. The predicted octanol–water partition coefficient (Wildman–Crippen LogP) is 5.26. The van der Waals surface area contributed by atoms with Crippen molar-refractivity contribution in [1.82, 2.24) is 0 Å². The van der Waals surface area contributed by atoms with E-state index in [0.29, 0.717) is 0 Å². The van der Waals surface area contributed by atoms with E-state index < -0.39 is 44.7 Å². The molecule has 206 valence electrons. The van der Waals surface area contributed by atoms with Crippen LogP contribution in [0.1, 0.15) is 47.1 Å². The number of esters is 2. The topological polar surface area (TPSA) is 91.3 Å². The maximum Gasteiger partial charge on any atom is 0.336 e. The SMILES string of the molecule is CCSC(SCC)[C@H](OC(C)=O)[C@@H](OCc1ccccc1)[C@H](O)[C@H](O[Si](C)(C)C(C)(C)C)C(=O)OC. The second-order valence-corrected chi connectivity index (χ2v) is 17.8. The van der Waals surface area contributed by atoms with Crippen molar-refractivity contribution in [3.05, 3.63) is 35.9 Å². The number of aliphatic hydroxyl groups excluding tert-OH is 1. The minimum absolute atomic E-state index is 0.161. The van der Waals surface area contributed by atoms with Crippen LogP contribution >= 0.6 is 23.5 Å². The van der Waals surface area contributed by atoms with E-state index in [4.69, 9.17) is 18.6 Å². The van der Waals surface area contributed by atoms with Crippen LogP contribution in [0.3, 0.4) is 0 Å². The lowest BCUT2D eigenvalue weighted by atomic mass is 10.0. The molecule has 0 spiro atoms. The Kier molecular flexibility index (Phi) is 14.1. The zero-order chi connectivity index (χ0) is 27.5. The molecule has 0 aliphatic heterocycles. The molecule has 0 unspecified atom stereocenters. The van der Waals surface area contributed by atoms with Gasteiger partial charge < -0.3 is 23.7 Å². The Morgan fingerprint density at radius 1 is 1.03 bits per heavy atom. The van der Waals surface area contributed by atoms with E-state index >= 15 is 0 Å². The number of rotatable bonds is 15. The highest BCUT2D eigenvalue weighted by molar-refractivity contribution is 8.17. The van der Waals surface area contributed by atoms with Crippen LogP contribution in [0.5, 0.6) is 0 Å². The summed E-state index contributed by atoms with van der Waals surface area (Å²) in [5.41, 5.74) is 0.888. The molecule has 36 heavy (non-hydrogen) atoms. The summed E-state index contributed by atoms with van der Waals surface area (Å²) in [5, 5.41) is 11.5. The Morgan fingerprint density at radius 2 is 1.58 bits per heavy atom. The van der Waals surface area contributed by atoms with Gasteiger partial charge in [0.05, 0.1) is 18.3 Å². The Labute approximate surface area is 226 Å². The molecule has 7 nitrogen and oxygen atoms in total. The molecule has 0 heterocycles. The molecule has 0 aromatic heterocycles. The van der Waals surface area contributed by atoms with Crippen molar-refractivity contribution in [3.63, 3.8) is 0 Å². The van der Waals surface area contributed by atoms with Gasteiger partial charge in [0.25, 0.3) is 0 Å². The Morgan fingerprint density at radius 3 is 2.03 bits per heavy atom. The van der Waals surface area contributed by atoms with Crippen molar-refractivity contribution in [2.45, 2.75) is 95.3 Å². The first-order chi connectivity index (χ1) is 16.8. The highest BCUT2D eigenvalue weighted by Crippen LogP contribution is 2.39. The lowest BCUT2D eigenvalue weighted by molar-refractivity contribution is -0.179. The third-order valence-corrected chi connectivity index (χ3v) is 13.3. The van der Waals surface area contributed by atoms with Crippen LogP contribution in [0, 0.1) is 0 Å². The van der Waals surface area contributed by atoms with Gasteiger partial charge >= 0.3 is 11.9 Å². The molecule has 1 N–H and O–H groups in total. The molecule has 4 atom stereocenters. The monoisotopic (exact) mass is 560 g/mol. The summed E-state index contributed by atoms with van der Waals surface area (Å²) in [6, 6.07) is 9.52. The van der Waals surface area contributed by atoms with Gasteiger partial charge in [0.15, 0.2) is 20.5 Å². The first-order valence-corrected chi connectivity index (χ1v) is 17.3. The fraction of sp³-hybridized carbons (Fsp3) is 0.692. The third-order valence-electron chi connectivity index (χ3n) is 6.15. The standard InChI is InChI=1S/C26H44O7S2Si/c1-10-34-25(35-11-2)23(32-18(3)27)21(31-17-19-15-13-12-14-16-19)20(28)22(24(29)30-7)33-36(8,9)26(4,5)6/h12-16,20-23,25,28H,10-11,17H2,1-9H3/t20-,21-,22-,23+/m0/s1. The van der Waals surface area contributed by atoms with Crippen LogP contribution in [0.2, 0.25) is 18.1 Å². The molecule has 0 fully saturated rings. The van der Waals surface area contributed by atoms with Gasteiger partial charge in [0.1, 0.15) is 12.2 Å². The summed E-state index contributed by atoms with van der Waals surface area (Å²) in [5.74, 6) is 0.374. The second kappa shape index (κ2) is 15.4. The average Bonchev–Trinajstić information content (AvgIpc) is 2.80. The van der Waals surface area contributed by atoms with Crippen molar-refractivity contribution < 1.29 is 33.3 Å². The largest absolute Gasteiger partial charge is 0.467 e. The van der Waals surface area contributed by atoms with E-state index in [1.54, 1.807) is 23.5 Å². The minimum atomic E-state index is -2.50. The molecule has 10 heteroatoms. The molecule has 1 rings (SSSR count). The number of aliphatic hydroxyl groups is 1. The maximum absolute atomic E-state index is 12.9. The summed E-state index contributed by atoms with van der Waals surface area (Å²) in [6.45, 7) is 15.7. The third kappa shape index (κ3) is 10.0. The van der Waals surface area contributed by atoms with Crippen LogP contribution < -0.4 is 0 Å². The molecule has 0 saturated carbocycles. The van der Waals surface area contributed by atoms with E-state index in [1.807, 2.05) is 57.3 Å². The maximum atomic E-state index is 12.9. The number of hydrogen-bond donors (Lipinski definition) is 1. The lowest BCUT2D eigenvalue weighted by Crippen LogP contribution is -2.57. The first-order valence-electron chi connectivity index (χ1n) is 12.3. The van der Waals surface area contributed by atoms with E-state index in [9.17, 15) is 14.7 Å². The van der Waals surface area contributed by atoms with Crippen LogP contribution in [0.25, 0.3) is 0 Å². The number of ether oxygens (including phenoxy) is 3. The summed E-state index contributed by atoms with van der Waals surface area (Å²) < 4.78 is 23.3. The van der Waals surface area contributed by atoms with Gasteiger partial charge in [-0.3, -0.25) is 4.79 Å². The Hall–Kier alpha value is -1.04. The molecule has 0 amide bonds. The van der Waals surface area contributed by atoms with Crippen molar-refractivity contribution in [2.75, 3.05) is 18.6 Å². The molecule has 1 aromatic rings. The fourth-order valence-electron chi connectivity index (χ4n) is 3.23. The highest BCUT2D eigenvalue weighted by atomic mass is 32.2.